The Hall–Kier alpha value is -1.35. The average molecular weight is 235 g/mol. The largest absolute Gasteiger partial charge is 0.493 e. The zero-order chi connectivity index (χ0) is 12.1. The van der Waals surface area contributed by atoms with Gasteiger partial charge in [0.15, 0.2) is 0 Å². The third kappa shape index (κ3) is 3.86. The molecule has 0 heterocycles. The van der Waals surface area contributed by atoms with Crippen molar-refractivity contribution in [2.75, 3.05) is 13.2 Å². The minimum absolute atomic E-state index is 0.254. The Labute approximate surface area is 101 Å². The summed E-state index contributed by atoms with van der Waals surface area (Å²) in [4.78, 5) is 0. The van der Waals surface area contributed by atoms with Gasteiger partial charge in [-0.2, -0.15) is 0 Å². The molecule has 1 fully saturated rings. The second kappa shape index (κ2) is 5.82. The van der Waals surface area contributed by atoms with Crippen molar-refractivity contribution in [1.82, 2.24) is 0 Å². The summed E-state index contributed by atoms with van der Waals surface area (Å²) in [6.07, 6.45) is 3.70. The second-order valence-electron chi connectivity index (χ2n) is 4.55. The van der Waals surface area contributed by atoms with Gasteiger partial charge in [0, 0.05) is 6.54 Å². The Morgan fingerprint density at radius 3 is 2.94 bits per heavy atom. The molecule has 0 spiro atoms. The molecular weight excluding hydrogens is 217 g/mol. The maximum atomic E-state index is 12.4. The lowest BCUT2D eigenvalue weighted by Crippen LogP contribution is -2.05. The third-order valence-corrected chi connectivity index (χ3v) is 2.93. The summed E-state index contributed by atoms with van der Waals surface area (Å²) in [5, 5.41) is 0. The van der Waals surface area contributed by atoms with Crippen LogP contribution in [0.25, 0.3) is 0 Å². The van der Waals surface area contributed by atoms with E-state index in [0.717, 1.165) is 23.8 Å². The van der Waals surface area contributed by atoms with Crippen molar-refractivity contribution in [1.29, 1.82) is 0 Å². The van der Waals surface area contributed by atoms with Crippen LogP contribution in [0.2, 0.25) is 0 Å². The van der Waals surface area contributed by atoms with E-state index in [2.05, 4.69) is 0 Å². The smallest absolute Gasteiger partial charge is 0.119 e. The summed E-state index contributed by atoms with van der Waals surface area (Å²) in [5.74, 6) is 1.61. The van der Waals surface area contributed by atoms with Gasteiger partial charge in [0.05, 0.1) is 12.9 Å². The number of nitrogens with two attached hydrogens (primary N) is 1. The first-order valence-electron chi connectivity index (χ1n) is 6.01. The average Bonchev–Trinajstić information content (AvgIpc) is 3.18. The number of halogens is 1. The molecule has 0 bridgehead atoms. The highest BCUT2D eigenvalue weighted by Gasteiger charge is 2.21. The van der Waals surface area contributed by atoms with Gasteiger partial charge >= 0.3 is 0 Å². The van der Waals surface area contributed by atoms with Gasteiger partial charge in [0.1, 0.15) is 5.75 Å². The lowest BCUT2D eigenvalue weighted by Gasteiger charge is -2.08. The summed E-state index contributed by atoms with van der Waals surface area (Å²) in [6.45, 7) is 1.05. The predicted octanol–water partition coefficient (Wildman–Crippen LogP) is 2.83. The standard InChI is InChI=1S/C14H18FNO/c15-8-13(9-16)6-12-2-1-3-14(7-12)17-10-11-4-5-11/h1-3,7-8,11H,4-6,9-10,16H2/b13-8+. The molecule has 2 nitrogen and oxygen atoms in total. The van der Waals surface area contributed by atoms with Crippen molar-refractivity contribution in [3.8, 4) is 5.75 Å². The number of benzene rings is 1. The first-order valence-corrected chi connectivity index (χ1v) is 6.01. The molecule has 2 N–H and O–H groups in total. The van der Waals surface area contributed by atoms with Gasteiger partial charge in [-0.25, -0.2) is 4.39 Å². The van der Waals surface area contributed by atoms with E-state index >= 15 is 0 Å². The van der Waals surface area contributed by atoms with Gasteiger partial charge in [-0.3, -0.25) is 0 Å². The molecule has 0 atom stereocenters. The van der Waals surface area contributed by atoms with E-state index in [1.54, 1.807) is 0 Å². The molecule has 0 aromatic heterocycles. The van der Waals surface area contributed by atoms with Gasteiger partial charge < -0.3 is 10.5 Å². The summed E-state index contributed by atoms with van der Waals surface area (Å²) in [5.41, 5.74) is 7.07. The van der Waals surface area contributed by atoms with Crippen LogP contribution in [-0.4, -0.2) is 13.2 Å². The quantitative estimate of drug-likeness (QED) is 0.823. The Morgan fingerprint density at radius 2 is 2.29 bits per heavy atom. The normalized spacial score (nSPS) is 16.0. The molecule has 17 heavy (non-hydrogen) atoms. The van der Waals surface area contributed by atoms with Crippen molar-refractivity contribution in [2.24, 2.45) is 11.7 Å². The van der Waals surface area contributed by atoms with Crippen molar-refractivity contribution in [2.45, 2.75) is 19.3 Å². The van der Waals surface area contributed by atoms with E-state index in [-0.39, 0.29) is 6.54 Å². The van der Waals surface area contributed by atoms with Crippen molar-refractivity contribution >= 4 is 0 Å². The maximum Gasteiger partial charge on any atom is 0.119 e. The van der Waals surface area contributed by atoms with Gasteiger partial charge in [-0.15, -0.1) is 0 Å². The number of ether oxygens (including phenoxy) is 1. The van der Waals surface area contributed by atoms with E-state index in [1.807, 2.05) is 24.3 Å². The lowest BCUT2D eigenvalue weighted by atomic mass is 10.1. The fourth-order valence-electron chi connectivity index (χ4n) is 1.66. The van der Waals surface area contributed by atoms with Crippen LogP contribution in [0.3, 0.4) is 0 Å². The molecule has 0 radical (unpaired) electrons. The van der Waals surface area contributed by atoms with Crippen molar-refractivity contribution < 1.29 is 9.13 Å². The fraction of sp³-hybridized carbons (Fsp3) is 0.429. The second-order valence-corrected chi connectivity index (χ2v) is 4.55. The summed E-state index contributed by atoms with van der Waals surface area (Å²) < 4.78 is 18.1. The molecule has 0 unspecified atom stereocenters. The Bertz CT molecular complexity index is 399. The highest BCUT2D eigenvalue weighted by molar-refractivity contribution is 5.31. The van der Waals surface area contributed by atoms with Gasteiger partial charge in [0.2, 0.25) is 0 Å². The monoisotopic (exact) mass is 235 g/mol. The van der Waals surface area contributed by atoms with Crippen molar-refractivity contribution in [3.63, 3.8) is 0 Å². The predicted molar refractivity (Wildman–Crippen MR) is 66.6 cm³/mol. The van der Waals surface area contributed by atoms with Crippen LogP contribution in [0.1, 0.15) is 18.4 Å². The highest BCUT2D eigenvalue weighted by atomic mass is 19.1. The molecule has 0 saturated heterocycles. The maximum absolute atomic E-state index is 12.4. The molecule has 1 aromatic carbocycles. The SMILES string of the molecule is NC/C(=C/F)Cc1cccc(OCC2CC2)c1. The van der Waals surface area contributed by atoms with Crippen LogP contribution in [0, 0.1) is 5.92 Å². The van der Waals surface area contributed by atoms with E-state index in [4.69, 9.17) is 10.5 Å². The van der Waals surface area contributed by atoms with Crippen LogP contribution < -0.4 is 10.5 Å². The van der Waals surface area contributed by atoms with Crippen LogP contribution in [0.15, 0.2) is 36.2 Å². The molecule has 92 valence electrons. The molecule has 1 aromatic rings. The molecule has 1 aliphatic carbocycles. The lowest BCUT2D eigenvalue weighted by molar-refractivity contribution is 0.299. The molecule has 1 saturated carbocycles. The third-order valence-electron chi connectivity index (χ3n) is 2.93. The van der Waals surface area contributed by atoms with Gasteiger partial charge in [0.25, 0.3) is 0 Å². The van der Waals surface area contributed by atoms with E-state index < -0.39 is 0 Å². The fourth-order valence-corrected chi connectivity index (χ4v) is 1.66. The van der Waals surface area contributed by atoms with Crippen LogP contribution in [-0.2, 0) is 6.42 Å². The first-order chi connectivity index (χ1) is 8.31. The molecule has 1 aliphatic rings. The Balaban J connectivity index is 1.94. The van der Waals surface area contributed by atoms with Gasteiger partial charge in [-0.1, -0.05) is 12.1 Å². The van der Waals surface area contributed by atoms with Crippen molar-refractivity contribution in [3.05, 3.63) is 41.7 Å². The Morgan fingerprint density at radius 1 is 1.47 bits per heavy atom. The van der Waals surface area contributed by atoms with E-state index in [1.165, 1.54) is 12.8 Å². The zero-order valence-corrected chi connectivity index (χ0v) is 9.86. The number of hydrogen-bond acceptors (Lipinski definition) is 2. The minimum Gasteiger partial charge on any atom is -0.493 e. The first kappa shape index (κ1) is 12.1. The molecule has 3 heteroatoms. The molecule has 0 amide bonds. The summed E-state index contributed by atoms with van der Waals surface area (Å²) >= 11 is 0. The van der Waals surface area contributed by atoms with Crippen LogP contribution in [0.5, 0.6) is 5.75 Å². The Kier molecular flexibility index (Phi) is 4.15. The minimum atomic E-state index is 0.254. The summed E-state index contributed by atoms with van der Waals surface area (Å²) in [7, 11) is 0. The number of hydrogen-bond donors (Lipinski definition) is 1. The van der Waals surface area contributed by atoms with Gasteiger partial charge in [-0.05, 0) is 48.4 Å². The van der Waals surface area contributed by atoms with E-state index in [9.17, 15) is 4.39 Å². The van der Waals surface area contributed by atoms with Crippen LogP contribution >= 0.6 is 0 Å². The summed E-state index contributed by atoms with van der Waals surface area (Å²) in [6, 6.07) is 7.79. The molecule has 0 aliphatic heterocycles. The molecule has 2 rings (SSSR count). The number of rotatable bonds is 6. The van der Waals surface area contributed by atoms with Crippen LogP contribution in [0.4, 0.5) is 4.39 Å². The highest BCUT2D eigenvalue weighted by Crippen LogP contribution is 2.29. The van der Waals surface area contributed by atoms with E-state index in [0.29, 0.717) is 18.3 Å². The zero-order valence-electron chi connectivity index (χ0n) is 9.86. The topological polar surface area (TPSA) is 35.2 Å². The molecular formula is C14H18FNO.